The standard InChI is InChI=1S/C32H33N3O6S/c1-39-30-18-17-29(21-31(30)40-2)42(37,38)35(20-19-25-9-5-3-6-10-25)23-32(36)34-33-22-26-13-15-28(16-14-26)41-24-27-11-7-4-8-12-27/h3-18,21-22H,19-20,23-24H2,1-2H3,(H,34,36)/b33-22-. The van der Waals surface area contributed by atoms with Crippen molar-refractivity contribution in [3.8, 4) is 17.2 Å². The molecule has 0 saturated carbocycles. The first-order chi connectivity index (χ1) is 20.4. The van der Waals surface area contributed by atoms with E-state index >= 15 is 0 Å². The Hall–Kier alpha value is -4.67. The lowest BCUT2D eigenvalue weighted by molar-refractivity contribution is -0.121. The maximum atomic E-state index is 13.6. The van der Waals surface area contributed by atoms with Crippen LogP contribution in [0.25, 0.3) is 0 Å². The first kappa shape index (κ1) is 30.3. The number of hydrogen-bond acceptors (Lipinski definition) is 7. The number of nitrogens with one attached hydrogen (secondary N) is 1. The van der Waals surface area contributed by atoms with E-state index in [0.29, 0.717) is 24.5 Å². The van der Waals surface area contributed by atoms with Gasteiger partial charge in [-0.2, -0.15) is 9.41 Å². The Bertz CT molecular complexity index is 1580. The van der Waals surface area contributed by atoms with E-state index in [1.807, 2.05) is 84.9 Å². The van der Waals surface area contributed by atoms with Gasteiger partial charge in [0.15, 0.2) is 11.5 Å². The number of hydrogen-bond donors (Lipinski definition) is 1. The second-order valence-corrected chi connectivity index (χ2v) is 11.2. The van der Waals surface area contributed by atoms with Crippen molar-refractivity contribution < 1.29 is 27.4 Å². The predicted octanol–water partition coefficient (Wildman–Crippen LogP) is 4.67. The van der Waals surface area contributed by atoms with Gasteiger partial charge in [0.25, 0.3) is 5.91 Å². The number of benzene rings is 4. The topological polar surface area (TPSA) is 107 Å². The molecule has 1 N–H and O–H groups in total. The van der Waals surface area contributed by atoms with Gasteiger partial charge in [-0.1, -0.05) is 60.7 Å². The molecule has 10 heteroatoms. The molecule has 0 aliphatic rings. The molecular weight excluding hydrogens is 554 g/mol. The van der Waals surface area contributed by atoms with Crippen LogP contribution in [0.3, 0.4) is 0 Å². The molecule has 0 atom stereocenters. The van der Waals surface area contributed by atoms with Gasteiger partial charge in [0.2, 0.25) is 10.0 Å². The molecule has 4 aromatic rings. The number of carbonyl (C=O) groups excluding carboxylic acids is 1. The number of amides is 1. The summed E-state index contributed by atoms with van der Waals surface area (Å²) in [6, 6.07) is 30.9. The summed E-state index contributed by atoms with van der Waals surface area (Å²) in [5, 5.41) is 4.02. The normalized spacial score (nSPS) is 11.4. The van der Waals surface area contributed by atoms with Gasteiger partial charge in [0.1, 0.15) is 12.4 Å². The number of nitrogens with zero attached hydrogens (tertiary/aromatic N) is 2. The van der Waals surface area contributed by atoms with Crippen LogP contribution in [-0.4, -0.2) is 52.2 Å². The molecule has 42 heavy (non-hydrogen) atoms. The van der Waals surface area contributed by atoms with Crippen LogP contribution in [0.1, 0.15) is 16.7 Å². The van der Waals surface area contributed by atoms with Gasteiger partial charge >= 0.3 is 0 Å². The van der Waals surface area contributed by atoms with Crippen LogP contribution >= 0.6 is 0 Å². The number of carbonyl (C=O) groups is 1. The van der Waals surface area contributed by atoms with Crippen molar-refractivity contribution in [1.82, 2.24) is 9.73 Å². The van der Waals surface area contributed by atoms with E-state index in [0.717, 1.165) is 21.0 Å². The first-order valence-corrected chi connectivity index (χ1v) is 14.7. The fourth-order valence-corrected chi connectivity index (χ4v) is 5.49. The highest BCUT2D eigenvalue weighted by Crippen LogP contribution is 2.30. The molecule has 4 rings (SSSR count). The lowest BCUT2D eigenvalue weighted by atomic mass is 10.1. The van der Waals surface area contributed by atoms with Crippen LogP contribution in [0.15, 0.2) is 113 Å². The number of methoxy groups -OCH3 is 2. The van der Waals surface area contributed by atoms with Crippen LogP contribution in [0.4, 0.5) is 0 Å². The first-order valence-electron chi connectivity index (χ1n) is 13.2. The van der Waals surface area contributed by atoms with Crippen LogP contribution < -0.4 is 19.6 Å². The van der Waals surface area contributed by atoms with Crippen molar-refractivity contribution in [3.05, 3.63) is 120 Å². The molecule has 0 saturated heterocycles. The van der Waals surface area contributed by atoms with Crippen LogP contribution in [0.2, 0.25) is 0 Å². The largest absolute Gasteiger partial charge is 0.493 e. The zero-order valence-corrected chi connectivity index (χ0v) is 24.3. The minimum absolute atomic E-state index is 0.0147. The van der Waals surface area contributed by atoms with Crippen molar-refractivity contribution in [2.75, 3.05) is 27.3 Å². The van der Waals surface area contributed by atoms with Crippen LogP contribution in [-0.2, 0) is 27.8 Å². The average molecular weight is 588 g/mol. The summed E-state index contributed by atoms with van der Waals surface area (Å²) < 4.78 is 44.7. The monoisotopic (exact) mass is 587 g/mol. The van der Waals surface area contributed by atoms with Crippen molar-refractivity contribution >= 4 is 22.1 Å². The third-order valence-electron chi connectivity index (χ3n) is 6.34. The second kappa shape index (κ2) is 14.8. The van der Waals surface area contributed by atoms with E-state index in [-0.39, 0.29) is 17.2 Å². The average Bonchev–Trinajstić information content (AvgIpc) is 3.03. The lowest BCUT2D eigenvalue weighted by Crippen LogP contribution is -2.40. The molecule has 0 unspecified atom stereocenters. The summed E-state index contributed by atoms with van der Waals surface area (Å²) in [5.74, 6) is 0.794. The number of hydrazone groups is 1. The van der Waals surface area contributed by atoms with Crippen molar-refractivity contribution in [1.29, 1.82) is 0 Å². The number of sulfonamides is 1. The van der Waals surface area contributed by atoms with Crippen molar-refractivity contribution in [2.45, 2.75) is 17.9 Å². The van der Waals surface area contributed by atoms with Gasteiger partial charge in [-0.15, -0.1) is 0 Å². The Morgan fingerprint density at radius 1 is 0.833 bits per heavy atom. The van der Waals surface area contributed by atoms with E-state index in [1.165, 1.54) is 38.6 Å². The fourth-order valence-electron chi connectivity index (χ4n) is 4.07. The summed E-state index contributed by atoms with van der Waals surface area (Å²) in [7, 11) is -1.16. The maximum Gasteiger partial charge on any atom is 0.255 e. The highest BCUT2D eigenvalue weighted by Gasteiger charge is 2.27. The van der Waals surface area contributed by atoms with E-state index in [2.05, 4.69) is 10.5 Å². The van der Waals surface area contributed by atoms with Gasteiger partial charge in [-0.25, -0.2) is 13.8 Å². The molecule has 218 valence electrons. The quantitative estimate of drug-likeness (QED) is 0.170. The summed E-state index contributed by atoms with van der Waals surface area (Å²) in [6.45, 7) is 0.118. The number of ether oxygens (including phenoxy) is 3. The van der Waals surface area contributed by atoms with E-state index in [1.54, 1.807) is 0 Å². The zero-order chi connectivity index (χ0) is 29.8. The Balaban J connectivity index is 1.41. The van der Waals surface area contributed by atoms with E-state index < -0.39 is 22.5 Å². The molecule has 0 aromatic heterocycles. The molecule has 9 nitrogen and oxygen atoms in total. The van der Waals surface area contributed by atoms with Gasteiger partial charge in [-0.05, 0) is 59.5 Å². The summed E-state index contributed by atoms with van der Waals surface area (Å²) in [4.78, 5) is 12.8. The van der Waals surface area contributed by atoms with E-state index in [4.69, 9.17) is 14.2 Å². The van der Waals surface area contributed by atoms with E-state index in [9.17, 15) is 13.2 Å². The molecule has 0 spiro atoms. The number of rotatable bonds is 14. The Morgan fingerprint density at radius 2 is 1.48 bits per heavy atom. The zero-order valence-electron chi connectivity index (χ0n) is 23.5. The van der Waals surface area contributed by atoms with Gasteiger partial charge in [0, 0.05) is 12.6 Å². The predicted molar refractivity (Wildman–Crippen MR) is 161 cm³/mol. The van der Waals surface area contributed by atoms with Gasteiger partial charge in [0.05, 0.1) is 31.9 Å². The molecule has 0 heterocycles. The van der Waals surface area contributed by atoms with Crippen LogP contribution in [0, 0.1) is 0 Å². The Morgan fingerprint density at radius 3 is 2.12 bits per heavy atom. The van der Waals surface area contributed by atoms with Gasteiger partial charge < -0.3 is 14.2 Å². The SMILES string of the molecule is COc1ccc(S(=O)(=O)N(CCc2ccccc2)CC(=O)N/N=C\c2ccc(OCc3ccccc3)cc2)cc1OC. The molecule has 0 aliphatic carbocycles. The molecule has 0 fully saturated rings. The minimum atomic E-state index is -4.06. The highest BCUT2D eigenvalue weighted by molar-refractivity contribution is 7.89. The molecule has 4 aromatic carbocycles. The van der Waals surface area contributed by atoms with Crippen molar-refractivity contribution in [3.63, 3.8) is 0 Å². The molecule has 0 aliphatic heterocycles. The van der Waals surface area contributed by atoms with Crippen LogP contribution in [0.5, 0.6) is 17.2 Å². The minimum Gasteiger partial charge on any atom is -0.493 e. The summed E-state index contributed by atoms with van der Waals surface area (Å²) >= 11 is 0. The maximum absolute atomic E-state index is 13.6. The van der Waals surface area contributed by atoms with Crippen molar-refractivity contribution in [2.24, 2.45) is 5.10 Å². The second-order valence-electron chi connectivity index (χ2n) is 9.23. The highest BCUT2D eigenvalue weighted by atomic mass is 32.2. The van der Waals surface area contributed by atoms with Gasteiger partial charge in [-0.3, -0.25) is 4.79 Å². The summed E-state index contributed by atoms with van der Waals surface area (Å²) in [6.07, 6.45) is 1.90. The smallest absolute Gasteiger partial charge is 0.255 e. The third-order valence-corrected chi connectivity index (χ3v) is 8.18. The Labute approximate surface area is 246 Å². The third kappa shape index (κ3) is 8.42. The Kier molecular flexibility index (Phi) is 10.7. The lowest BCUT2D eigenvalue weighted by Gasteiger charge is -2.22. The molecule has 1 amide bonds. The molecule has 0 bridgehead atoms. The molecule has 0 radical (unpaired) electrons. The molecular formula is C32H33N3O6S. The fraction of sp³-hybridized carbons (Fsp3) is 0.188. The summed E-state index contributed by atoms with van der Waals surface area (Å²) in [5.41, 5.74) is 5.18.